The average Bonchev–Trinajstić information content (AvgIpc) is 2.11. The van der Waals surface area contributed by atoms with E-state index in [1.165, 1.54) is 0 Å². The predicted octanol–water partition coefficient (Wildman–Crippen LogP) is 3.39. The minimum Gasteiger partial charge on any atom is -0.411 e. The normalized spacial score (nSPS) is 11.8. The molecule has 1 rings (SSSR count). The van der Waals surface area contributed by atoms with E-state index >= 15 is 0 Å². The quantitative estimate of drug-likeness (QED) is 0.460. The standard InChI is InChI=1S/C9H9Cl2NO/c1-6(12-13)5-7-8(10)3-2-4-9(7)11/h2-4,13H,5H2,1H3/b12-6+. The fraction of sp³-hybridized carbons (Fsp3) is 0.222. The molecule has 0 atom stereocenters. The topological polar surface area (TPSA) is 32.6 Å². The van der Waals surface area contributed by atoms with Crippen molar-refractivity contribution in [1.29, 1.82) is 0 Å². The Hall–Kier alpha value is -0.730. The van der Waals surface area contributed by atoms with E-state index in [1.807, 2.05) is 0 Å². The summed E-state index contributed by atoms with van der Waals surface area (Å²) in [5, 5.41) is 12.7. The maximum atomic E-state index is 8.48. The van der Waals surface area contributed by atoms with E-state index in [0.29, 0.717) is 22.2 Å². The van der Waals surface area contributed by atoms with Crippen LogP contribution in [0.5, 0.6) is 0 Å². The van der Waals surface area contributed by atoms with Gasteiger partial charge < -0.3 is 5.21 Å². The number of hydrogen-bond donors (Lipinski definition) is 1. The lowest BCUT2D eigenvalue weighted by Gasteiger charge is -2.04. The van der Waals surface area contributed by atoms with Gasteiger partial charge in [0.15, 0.2) is 0 Å². The number of nitrogens with zero attached hydrogens (tertiary/aromatic N) is 1. The minimum absolute atomic E-state index is 0.467. The summed E-state index contributed by atoms with van der Waals surface area (Å²) in [6, 6.07) is 5.29. The lowest BCUT2D eigenvalue weighted by atomic mass is 10.1. The lowest BCUT2D eigenvalue weighted by molar-refractivity contribution is 0.317. The third-order valence-electron chi connectivity index (χ3n) is 1.67. The number of benzene rings is 1. The number of halogens is 2. The number of rotatable bonds is 2. The van der Waals surface area contributed by atoms with E-state index in [0.717, 1.165) is 5.56 Å². The van der Waals surface area contributed by atoms with Gasteiger partial charge in [-0.1, -0.05) is 34.4 Å². The second-order valence-corrected chi connectivity index (χ2v) is 3.53. The molecule has 1 N–H and O–H groups in total. The first-order chi connectivity index (χ1) is 6.15. The van der Waals surface area contributed by atoms with E-state index in [1.54, 1.807) is 25.1 Å². The predicted molar refractivity (Wildman–Crippen MR) is 55.1 cm³/mol. The fourth-order valence-corrected chi connectivity index (χ4v) is 1.52. The first kappa shape index (κ1) is 10.4. The summed E-state index contributed by atoms with van der Waals surface area (Å²) in [6.07, 6.45) is 0.467. The van der Waals surface area contributed by atoms with Gasteiger partial charge in [0.2, 0.25) is 0 Å². The van der Waals surface area contributed by atoms with Crippen molar-refractivity contribution in [3.8, 4) is 0 Å². The summed E-state index contributed by atoms with van der Waals surface area (Å²) in [6.45, 7) is 1.71. The highest BCUT2D eigenvalue weighted by Gasteiger charge is 2.06. The van der Waals surface area contributed by atoms with Crippen LogP contribution < -0.4 is 0 Å². The van der Waals surface area contributed by atoms with Gasteiger partial charge in [0, 0.05) is 16.5 Å². The largest absolute Gasteiger partial charge is 0.411 e. The second kappa shape index (κ2) is 4.49. The van der Waals surface area contributed by atoms with Crippen LogP contribution in [0.1, 0.15) is 12.5 Å². The van der Waals surface area contributed by atoms with Crippen molar-refractivity contribution < 1.29 is 5.21 Å². The lowest BCUT2D eigenvalue weighted by Crippen LogP contribution is -1.98. The molecule has 0 radical (unpaired) electrons. The van der Waals surface area contributed by atoms with Gasteiger partial charge in [0.25, 0.3) is 0 Å². The summed E-state index contributed by atoms with van der Waals surface area (Å²) < 4.78 is 0. The third-order valence-corrected chi connectivity index (χ3v) is 2.37. The highest BCUT2D eigenvalue weighted by atomic mass is 35.5. The summed E-state index contributed by atoms with van der Waals surface area (Å²) in [4.78, 5) is 0. The van der Waals surface area contributed by atoms with Gasteiger partial charge >= 0.3 is 0 Å². The molecule has 0 heterocycles. The molecule has 0 bridgehead atoms. The zero-order chi connectivity index (χ0) is 9.84. The fourth-order valence-electron chi connectivity index (χ4n) is 0.992. The first-order valence-electron chi connectivity index (χ1n) is 3.75. The molecule has 0 aliphatic carbocycles. The van der Waals surface area contributed by atoms with Gasteiger partial charge in [0.05, 0.1) is 5.71 Å². The number of oxime groups is 1. The zero-order valence-corrected chi connectivity index (χ0v) is 8.60. The van der Waals surface area contributed by atoms with Crippen molar-refractivity contribution in [3.05, 3.63) is 33.8 Å². The molecule has 0 saturated heterocycles. The Labute approximate surface area is 86.8 Å². The van der Waals surface area contributed by atoms with Crippen molar-refractivity contribution >= 4 is 28.9 Å². The Kier molecular flexibility index (Phi) is 3.58. The van der Waals surface area contributed by atoms with Crippen molar-refractivity contribution in [2.24, 2.45) is 5.16 Å². The molecular weight excluding hydrogens is 209 g/mol. The molecule has 0 aromatic heterocycles. The molecule has 0 spiro atoms. The Bertz CT molecular complexity index is 316. The van der Waals surface area contributed by atoms with Gasteiger partial charge in [-0.05, 0) is 24.6 Å². The Morgan fingerprint density at radius 1 is 1.38 bits per heavy atom. The third kappa shape index (κ3) is 2.61. The zero-order valence-electron chi connectivity index (χ0n) is 7.09. The molecule has 1 aromatic carbocycles. The molecule has 13 heavy (non-hydrogen) atoms. The van der Waals surface area contributed by atoms with E-state index in [4.69, 9.17) is 28.4 Å². The minimum atomic E-state index is 0.467. The van der Waals surface area contributed by atoms with Crippen LogP contribution in [-0.4, -0.2) is 10.9 Å². The van der Waals surface area contributed by atoms with Crippen LogP contribution in [-0.2, 0) is 6.42 Å². The van der Waals surface area contributed by atoms with Crippen LogP contribution in [0.15, 0.2) is 23.4 Å². The Morgan fingerprint density at radius 2 is 1.92 bits per heavy atom. The second-order valence-electron chi connectivity index (χ2n) is 2.71. The SMILES string of the molecule is C/C(Cc1c(Cl)cccc1Cl)=N\O. The molecule has 70 valence electrons. The van der Waals surface area contributed by atoms with Crippen molar-refractivity contribution in [2.45, 2.75) is 13.3 Å². The molecule has 1 aromatic rings. The monoisotopic (exact) mass is 217 g/mol. The molecule has 0 aliphatic rings. The maximum absolute atomic E-state index is 8.48. The van der Waals surface area contributed by atoms with Crippen molar-refractivity contribution in [2.75, 3.05) is 0 Å². The van der Waals surface area contributed by atoms with E-state index in [9.17, 15) is 0 Å². The average molecular weight is 218 g/mol. The highest BCUT2D eigenvalue weighted by Crippen LogP contribution is 2.24. The van der Waals surface area contributed by atoms with E-state index in [-0.39, 0.29) is 0 Å². The molecule has 2 nitrogen and oxygen atoms in total. The van der Waals surface area contributed by atoms with E-state index < -0.39 is 0 Å². The highest BCUT2D eigenvalue weighted by molar-refractivity contribution is 6.36. The molecule has 0 aliphatic heterocycles. The first-order valence-corrected chi connectivity index (χ1v) is 4.51. The van der Waals surface area contributed by atoms with Crippen LogP contribution >= 0.6 is 23.2 Å². The number of hydrogen-bond acceptors (Lipinski definition) is 2. The molecule has 0 unspecified atom stereocenters. The van der Waals surface area contributed by atoms with Crippen LogP contribution in [0, 0.1) is 0 Å². The molecular formula is C9H9Cl2NO. The van der Waals surface area contributed by atoms with Gasteiger partial charge in [0.1, 0.15) is 0 Å². The Morgan fingerprint density at radius 3 is 2.38 bits per heavy atom. The van der Waals surface area contributed by atoms with Gasteiger partial charge in [-0.15, -0.1) is 0 Å². The summed E-state index contributed by atoms with van der Waals surface area (Å²) in [7, 11) is 0. The molecule has 0 saturated carbocycles. The van der Waals surface area contributed by atoms with Crippen LogP contribution in [0.2, 0.25) is 10.0 Å². The van der Waals surface area contributed by atoms with Gasteiger partial charge in [-0.25, -0.2) is 0 Å². The van der Waals surface area contributed by atoms with Crippen LogP contribution in [0.4, 0.5) is 0 Å². The molecule has 4 heteroatoms. The Balaban J connectivity index is 3.00. The smallest absolute Gasteiger partial charge is 0.0584 e. The summed E-state index contributed by atoms with van der Waals surface area (Å²) in [5.41, 5.74) is 1.37. The summed E-state index contributed by atoms with van der Waals surface area (Å²) >= 11 is 11.8. The van der Waals surface area contributed by atoms with Gasteiger partial charge in [-0.2, -0.15) is 0 Å². The van der Waals surface area contributed by atoms with Crippen LogP contribution in [0.25, 0.3) is 0 Å². The maximum Gasteiger partial charge on any atom is 0.0584 e. The van der Waals surface area contributed by atoms with E-state index in [2.05, 4.69) is 5.16 Å². The van der Waals surface area contributed by atoms with Crippen LogP contribution in [0.3, 0.4) is 0 Å². The van der Waals surface area contributed by atoms with Crippen molar-refractivity contribution in [3.63, 3.8) is 0 Å². The van der Waals surface area contributed by atoms with Crippen molar-refractivity contribution in [1.82, 2.24) is 0 Å². The van der Waals surface area contributed by atoms with Gasteiger partial charge in [-0.3, -0.25) is 0 Å². The summed E-state index contributed by atoms with van der Waals surface area (Å²) in [5.74, 6) is 0. The molecule has 0 fully saturated rings. The molecule has 0 amide bonds.